The number of fused-ring (bicyclic) bond motifs is 2. The zero-order valence-corrected chi connectivity index (χ0v) is 19.5. The van der Waals surface area contributed by atoms with Crippen molar-refractivity contribution in [3.63, 3.8) is 0 Å². The molecule has 168 valence electrons. The number of aromatic nitrogens is 3. The van der Waals surface area contributed by atoms with E-state index in [4.69, 9.17) is 27.9 Å². The molecule has 1 aliphatic heterocycles. The van der Waals surface area contributed by atoms with E-state index in [-0.39, 0.29) is 18.1 Å². The second-order valence-corrected chi connectivity index (χ2v) is 8.91. The van der Waals surface area contributed by atoms with Crippen LogP contribution in [-0.4, -0.2) is 32.0 Å². The van der Waals surface area contributed by atoms with E-state index in [0.717, 1.165) is 28.0 Å². The van der Waals surface area contributed by atoms with Crippen LogP contribution < -0.4 is 10.4 Å². The standard InChI is InChI=1S/C24H20Cl2N4O3/c1-28-21-8-16(15-5-18(25)9-19(26)6-15)10-27-23(21)30(24(28)32)13-22(31)29-11-14-3-4-20(33-2)7-17(14)12-29/h3-10H,11-13H2,1-2H3. The quantitative estimate of drug-likeness (QED) is 0.435. The average molecular weight is 483 g/mol. The van der Waals surface area contributed by atoms with Crippen LogP contribution in [0.25, 0.3) is 22.3 Å². The van der Waals surface area contributed by atoms with Gasteiger partial charge in [-0.2, -0.15) is 0 Å². The van der Waals surface area contributed by atoms with Crippen LogP contribution in [0.15, 0.2) is 53.5 Å². The number of hydrogen-bond donors (Lipinski definition) is 0. The molecular formula is C24H20Cl2N4O3. The van der Waals surface area contributed by atoms with Crippen molar-refractivity contribution in [3.8, 4) is 16.9 Å². The first kappa shape index (κ1) is 21.6. The molecule has 1 aliphatic rings. The summed E-state index contributed by atoms with van der Waals surface area (Å²) < 4.78 is 8.19. The fraction of sp³-hybridized carbons (Fsp3) is 0.208. The minimum atomic E-state index is -0.300. The van der Waals surface area contributed by atoms with Gasteiger partial charge in [0.25, 0.3) is 0 Å². The van der Waals surface area contributed by atoms with Gasteiger partial charge < -0.3 is 9.64 Å². The van der Waals surface area contributed by atoms with Gasteiger partial charge in [0.15, 0.2) is 5.65 Å². The number of methoxy groups -OCH3 is 1. The van der Waals surface area contributed by atoms with Gasteiger partial charge in [-0.1, -0.05) is 29.3 Å². The molecule has 0 fully saturated rings. The monoisotopic (exact) mass is 482 g/mol. The van der Waals surface area contributed by atoms with Gasteiger partial charge in [-0.25, -0.2) is 9.78 Å². The molecule has 2 aromatic carbocycles. The van der Waals surface area contributed by atoms with Crippen molar-refractivity contribution in [3.05, 3.63) is 80.3 Å². The Kier molecular flexibility index (Phi) is 5.38. The molecular weight excluding hydrogens is 463 g/mol. The number of nitrogens with zero attached hydrogens (tertiary/aromatic N) is 4. The van der Waals surface area contributed by atoms with E-state index in [1.807, 2.05) is 24.3 Å². The molecule has 1 amide bonds. The van der Waals surface area contributed by atoms with Gasteiger partial charge in [-0.05, 0) is 53.1 Å². The first-order valence-corrected chi connectivity index (χ1v) is 11.0. The predicted octanol–water partition coefficient (Wildman–Crippen LogP) is 4.26. The van der Waals surface area contributed by atoms with Gasteiger partial charge in [-0.3, -0.25) is 13.9 Å². The van der Waals surface area contributed by atoms with Crippen LogP contribution in [0, 0.1) is 0 Å². The fourth-order valence-electron chi connectivity index (χ4n) is 4.21. The second-order valence-electron chi connectivity index (χ2n) is 8.04. The van der Waals surface area contributed by atoms with E-state index in [1.165, 1.54) is 9.13 Å². The number of rotatable bonds is 4. The molecule has 0 bridgehead atoms. The predicted molar refractivity (Wildman–Crippen MR) is 128 cm³/mol. The van der Waals surface area contributed by atoms with E-state index in [2.05, 4.69) is 4.98 Å². The molecule has 0 N–H and O–H groups in total. The van der Waals surface area contributed by atoms with Crippen LogP contribution in [0.2, 0.25) is 10.0 Å². The summed E-state index contributed by atoms with van der Waals surface area (Å²) in [5.74, 6) is 0.613. The maximum absolute atomic E-state index is 13.1. The van der Waals surface area contributed by atoms with E-state index in [9.17, 15) is 9.59 Å². The van der Waals surface area contributed by atoms with Gasteiger partial charge in [0.1, 0.15) is 12.3 Å². The minimum absolute atomic E-state index is 0.0867. The number of aryl methyl sites for hydroxylation is 1. The summed E-state index contributed by atoms with van der Waals surface area (Å²) in [6.45, 7) is 0.902. The molecule has 0 atom stereocenters. The number of carbonyl (C=O) groups is 1. The van der Waals surface area contributed by atoms with Gasteiger partial charge in [0.05, 0.1) is 12.6 Å². The molecule has 0 unspecified atom stereocenters. The van der Waals surface area contributed by atoms with Crippen molar-refractivity contribution in [2.45, 2.75) is 19.6 Å². The smallest absolute Gasteiger partial charge is 0.330 e. The highest BCUT2D eigenvalue weighted by Gasteiger charge is 2.25. The van der Waals surface area contributed by atoms with Crippen LogP contribution in [0.5, 0.6) is 5.75 Å². The molecule has 5 rings (SSSR count). The van der Waals surface area contributed by atoms with Crippen molar-refractivity contribution >= 4 is 40.3 Å². The van der Waals surface area contributed by atoms with Crippen LogP contribution in [0.1, 0.15) is 11.1 Å². The highest BCUT2D eigenvalue weighted by Crippen LogP contribution is 2.29. The van der Waals surface area contributed by atoms with Crippen LogP contribution >= 0.6 is 23.2 Å². The third kappa shape index (κ3) is 3.87. The summed E-state index contributed by atoms with van der Waals surface area (Å²) in [4.78, 5) is 32.3. The maximum Gasteiger partial charge on any atom is 0.330 e. The maximum atomic E-state index is 13.1. The third-order valence-electron chi connectivity index (χ3n) is 5.96. The Bertz CT molecular complexity index is 1450. The number of hydrogen-bond acceptors (Lipinski definition) is 4. The van der Waals surface area contributed by atoms with Crippen molar-refractivity contribution in [2.75, 3.05) is 7.11 Å². The fourth-order valence-corrected chi connectivity index (χ4v) is 4.73. The highest BCUT2D eigenvalue weighted by molar-refractivity contribution is 6.35. The van der Waals surface area contributed by atoms with Crippen LogP contribution in [0.4, 0.5) is 0 Å². The highest BCUT2D eigenvalue weighted by atomic mass is 35.5. The van der Waals surface area contributed by atoms with E-state index in [1.54, 1.807) is 43.5 Å². The summed E-state index contributed by atoms with van der Waals surface area (Å²) >= 11 is 12.3. The molecule has 0 saturated carbocycles. The lowest BCUT2D eigenvalue weighted by Crippen LogP contribution is -2.33. The second kappa shape index (κ2) is 8.24. The number of imidazole rings is 1. The lowest BCUT2D eigenvalue weighted by Gasteiger charge is -2.15. The average Bonchev–Trinajstić information content (AvgIpc) is 3.33. The SMILES string of the molecule is COc1ccc2c(c1)CN(C(=O)Cn1c(=O)n(C)c3cc(-c4cc(Cl)cc(Cl)c4)cnc31)C2. The molecule has 9 heteroatoms. The molecule has 3 heterocycles. The molecule has 0 spiro atoms. The van der Waals surface area contributed by atoms with Crippen molar-refractivity contribution in [2.24, 2.45) is 7.05 Å². The van der Waals surface area contributed by atoms with Crippen molar-refractivity contribution < 1.29 is 9.53 Å². The molecule has 0 radical (unpaired) electrons. The molecule has 4 aromatic rings. The van der Waals surface area contributed by atoms with Crippen LogP contribution in [-0.2, 0) is 31.5 Å². The van der Waals surface area contributed by atoms with Crippen molar-refractivity contribution in [1.82, 2.24) is 19.0 Å². The molecule has 7 nitrogen and oxygen atoms in total. The van der Waals surface area contributed by atoms with E-state index < -0.39 is 0 Å². The molecule has 2 aromatic heterocycles. The Morgan fingerprint density at radius 3 is 2.48 bits per heavy atom. The van der Waals surface area contributed by atoms with Crippen molar-refractivity contribution in [1.29, 1.82) is 0 Å². The van der Waals surface area contributed by atoms with Crippen LogP contribution in [0.3, 0.4) is 0 Å². The number of ether oxygens (including phenoxy) is 1. The Morgan fingerprint density at radius 1 is 1.03 bits per heavy atom. The Labute approximate surface area is 199 Å². The Hall–Kier alpha value is -3.29. The van der Waals surface area contributed by atoms with Gasteiger partial charge in [0.2, 0.25) is 5.91 Å². The number of amides is 1. The topological polar surface area (TPSA) is 69.4 Å². The molecule has 0 saturated heterocycles. The largest absolute Gasteiger partial charge is 0.497 e. The summed E-state index contributed by atoms with van der Waals surface area (Å²) in [6.07, 6.45) is 1.66. The lowest BCUT2D eigenvalue weighted by atomic mass is 10.1. The number of halogens is 2. The first-order valence-electron chi connectivity index (χ1n) is 10.3. The van der Waals surface area contributed by atoms with Gasteiger partial charge in [-0.15, -0.1) is 0 Å². The number of pyridine rings is 1. The summed E-state index contributed by atoms with van der Waals surface area (Å²) in [6, 6.07) is 12.9. The first-order chi connectivity index (χ1) is 15.8. The Morgan fingerprint density at radius 2 is 1.76 bits per heavy atom. The summed E-state index contributed by atoms with van der Waals surface area (Å²) in [7, 11) is 3.28. The van der Waals surface area contributed by atoms with Gasteiger partial charge >= 0.3 is 5.69 Å². The lowest BCUT2D eigenvalue weighted by molar-refractivity contribution is -0.132. The van der Waals surface area contributed by atoms with E-state index >= 15 is 0 Å². The molecule has 33 heavy (non-hydrogen) atoms. The zero-order valence-electron chi connectivity index (χ0n) is 18.0. The summed E-state index contributed by atoms with van der Waals surface area (Å²) in [5, 5.41) is 1.03. The Balaban J connectivity index is 1.45. The normalized spacial score (nSPS) is 12.9. The molecule has 0 aliphatic carbocycles. The minimum Gasteiger partial charge on any atom is -0.497 e. The van der Waals surface area contributed by atoms with Gasteiger partial charge in [0, 0.05) is 41.9 Å². The van der Waals surface area contributed by atoms with E-state index in [0.29, 0.717) is 34.3 Å². The third-order valence-corrected chi connectivity index (χ3v) is 6.40. The zero-order chi connectivity index (χ0) is 23.3. The number of benzene rings is 2. The summed E-state index contributed by atoms with van der Waals surface area (Å²) in [5.41, 5.74) is 4.47. The number of carbonyl (C=O) groups excluding carboxylic acids is 1.